The summed E-state index contributed by atoms with van der Waals surface area (Å²) >= 11 is 0. The van der Waals surface area contributed by atoms with Gasteiger partial charge < -0.3 is 24.4 Å². The van der Waals surface area contributed by atoms with Crippen molar-refractivity contribution in [1.82, 2.24) is 19.7 Å². The van der Waals surface area contributed by atoms with Crippen molar-refractivity contribution in [2.24, 2.45) is 5.92 Å². The van der Waals surface area contributed by atoms with Crippen molar-refractivity contribution in [2.45, 2.75) is 24.9 Å². The van der Waals surface area contributed by atoms with E-state index in [1.54, 1.807) is 0 Å². The number of nitrogens with one attached hydrogen (secondary N) is 1. The predicted molar refractivity (Wildman–Crippen MR) is 114 cm³/mol. The number of hydrogen-bond donors (Lipinski definition) is 1. The molecule has 0 bridgehead atoms. The lowest BCUT2D eigenvalue weighted by Crippen LogP contribution is -2.50. The van der Waals surface area contributed by atoms with Gasteiger partial charge in [0, 0.05) is 50.2 Å². The fourth-order valence-electron chi connectivity index (χ4n) is 5.37. The number of hydrogen-bond acceptors (Lipinski definition) is 4. The molecule has 2 atom stereocenters. The number of nitrogens with zero attached hydrogens (tertiary/aromatic N) is 3. The molecule has 1 N–H and O–H groups in total. The van der Waals surface area contributed by atoms with Crippen molar-refractivity contribution in [3.8, 4) is 0 Å². The van der Waals surface area contributed by atoms with Crippen molar-refractivity contribution in [2.75, 3.05) is 59.5 Å². The molecule has 4 heterocycles. The SMILES string of the molecule is CN1CCN(C[C@@H]2CO[C@@]3(CCCN(C(=O)c4cc5ccccc5[nH]4)C3)C2)CC1. The van der Waals surface area contributed by atoms with Crippen LogP contribution < -0.4 is 0 Å². The smallest absolute Gasteiger partial charge is 0.270 e. The second-order valence-electron chi connectivity index (χ2n) is 9.27. The van der Waals surface area contributed by atoms with Crippen LogP contribution >= 0.6 is 0 Å². The first kappa shape index (κ1) is 19.1. The first-order valence-electron chi connectivity index (χ1n) is 11.0. The highest BCUT2D eigenvalue weighted by Crippen LogP contribution is 2.38. The molecule has 3 aliphatic rings. The number of likely N-dealkylation sites (tertiary alicyclic amines) is 1. The normalized spacial score (nSPS) is 29.1. The lowest BCUT2D eigenvalue weighted by atomic mass is 9.86. The van der Waals surface area contributed by atoms with Crippen molar-refractivity contribution in [3.63, 3.8) is 0 Å². The second-order valence-corrected chi connectivity index (χ2v) is 9.27. The summed E-state index contributed by atoms with van der Waals surface area (Å²) in [6, 6.07) is 10.0. The van der Waals surface area contributed by atoms with E-state index in [2.05, 4.69) is 21.8 Å². The van der Waals surface area contributed by atoms with E-state index < -0.39 is 0 Å². The van der Waals surface area contributed by atoms with Gasteiger partial charge in [-0.2, -0.15) is 0 Å². The number of amides is 1. The van der Waals surface area contributed by atoms with Gasteiger partial charge in [-0.05, 0) is 44.4 Å². The van der Waals surface area contributed by atoms with E-state index in [0.717, 1.165) is 82.6 Å². The second kappa shape index (κ2) is 7.74. The van der Waals surface area contributed by atoms with Crippen LogP contribution in [-0.4, -0.2) is 90.7 Å². The minimum Gasteiger partial charge on any atom is -0.373 e. The number of likely N-dealkylation sites (N-methyl/N-ethyl adjacent to an activating group) is 1. The Morgan fingerprint density at radius 1 is 1.21 bits per heavy atom. The third-order valence-electron chi connectivity index (χ3n) is 6.99. The van der Waals surface area contributed by atoms with Crippen LogP contribution in [0.15, 0.2) is 30.3 Å². The summed E-state index contributed by atoms with van der Waals surface area (Å²) in [6.45, 7) is 8.14. The molecule has 2 aromatic rings. The number of carbonyl (C=O) groups excluding carboxylic acids is 1. The molecule has 6 heteroatoms. The van der Waals surface area contributed by atoms with Crippen LogP contribution in [0.4, 0.5) is 0 Å². The Bertz CT molecular complexity index is 840. The van der Waals surface area contributed by atoms with Crippen LogP contribution in [0.1, 0.15) is 29.8 Å². The van der Waals surface area contributed by atoms with Crippen LogP contribution in [-0.2, 0) is 4.74 Å². The number of fused-ring (bicyclic) bond motifs is 1. The van der Waals surface area contributed by atoms with E-state index >= 15 is 0 Å². The Morgan fingerprint density at radius 3 is 2.86 bits per heavy atom. The van der Waals surface area contributed by atoms with E-state index in [1.807, 2.05) is 35.2 Å². The van der Waals surface area contributed by atoms with Crippen LogP contribution in [0.2, 0.25) is 0 Å². The molecule has 156 valence electrons. The van der Waals surface area contributed by atoms with Crippen LogP contribution in [0.25, 0.3) is 10.9 Å². The lowest BCUT2D eigenvalue weighted by molar-refractivity contribution is -0.0451. The number of piperidine rings is 1. The third-order valence-corrected chi connectivity index (χ3v) is 6.99. The summed E-state index contributed by atoms with van der Waals surface area (Å²) in [4.78, 5) is 23.5. The Labute approximate surface area is 172 Å². The molecule has 0 aliphatic carbocycles. The summed E-state index contributed by atoms with van der Waals surface area (Å²) in [7, 11) is 2.20. The van der Waals surface area contributed by atoms with Crippen molar-refractivity contribution in [1.29, 1.82) is 0 Å². The summed E-state index contributed by atoms with van der Waals surface area (Å²) in [5.74, 6) is 0.688. The fraction of sp³-hybridized carbons (Fsp3) is 0.609. The number of piperazine rings is 1. The van der Waals surface area contributed by atoms with Gasteiger partial charge in [0.25, 0.3) is 5.91 Å². The molecule has 3 fully saturated rings. The molecule has 1 amide bonds. The van der Waals surface area contributed by atoms with E-state index in [0.29, 0.717) is 11.6 Å². The third kappa shape index (κ3) is 3.93. The van der Waals surface area contributed by atoms with Gasteiger partial charge in [0.15, 0.2) is 0 Å². The van der Waals surface area contributed by atoms with Gasteiger partial charge in [-0.25, -0.2) is 0 Å². The monoisotopic (exact) mass is 396 g/mol. The summed E-state index contributed by atoms with van der Waals surface area (Å²) in [5, 5.41) is 1.09. The predicted octanol–water partition coefficient (Wildman–Crippen LogP) is 2.43. The zero-order chi connectivity index (χ0) is 19.8. The first-order valence-corrected chi connectivity index (χ1v) is 11.0. The first-order chi connectivity index (χ1) is 14.1. The van der Waals surface area contributed by atoms with Crippen molar-refractivity contribution >= 4 is 16.8 Å². The Hall–Kier alpha value is -1.89. The molecule has 0 saturated carbocycles. The van der Waals surface area contributed by atoms with Gasteiger partial charge in [0.2, 0.25) is 0 Å². The standard InChI is InChI=1S/C23H32N4O2/c1-25-9-11-26(12-10-25)15-18-14-23(29-16-18)7-4-8-27(17-23)22(28)21-13-19-5-2-3-6-20(19)24-21/h2-3,5-6,13,18,24H,4,7-12,14-17H2,1H3/t18-,23+/m1/s1. The number of rotatable bonds is 3. The zero-order valence-electron chi connectivity index (χ0n) is 17.4. The molecule has 3 aliphatic heterocycles. The van der Waals surface area contributed by atoms with Crippen molar-refractivity contribution < 1.29 is 9.53 Å². The highest BCUT2D eigenvalue weighted by molar-refractivity contribution is 5.98. The van der Waals surface area contributed by atoms with Crippen LogP contribution in [0, 0.1) is 5.92 Å². The summed E-state index contributed by atoms with van der Waals surface area (Å²) in [6.07, 6.45) is 3.17. The number of carbonyl (C=O) groups is 1. The molecule has 6 nitrogen and oxygen atoms in total. The molecule has 1 spiro atoms. The number of aromatic amines is 1. The fourth-order valence-corrected chi connectivity index (χ4v) is 5.37. The van der Waals surface area contributed by atoms with Crippen LogP contribution in [0.3, 0.4) is 0 Å². The van der Waals surface area contributed by atoms with E-state index in [4.69, 9.17) is 4.74 Å². The topological polar surface area (TPSA) is 51.8 Å². The Morgan fingerprint density at radius 2 is 2.03 bits per heavy atom. The van der Waals surface area contributed by atoms with Crippen LogP contribution in [0.5, 0.6) is 0 Å². The molecule has 3 saturated heterocycles. The molecule has 5 rings (SSSR count). The largest absolute Gasteiger partial charge is 0.373 e. The number of benzene rings is 1. The number of para-hydroxylation sites is 1. The Balaban J connectivity index is 1.22. The van der Waals surface area contributed by atoms with Gasteiger partial charge >= 0.3 is 0 Å². The van der Waals surface area contributed by atoms with Gasteiger partial charge in [-0.1, -0.05) is 18.2 Å². The minimum atomic E-state index is -0.142. The minimum absolute atomic E-state index is 0.103. The molecular weight excluding hydrogens is 364 g/mol. The summed E-state index contributed by atoms with van der Waals surface area (Å²) < 4.78 is 6.39. The molecule has 29 heavy (non-hydrogen) atoms. The Kier molecular flexibility index (Phi) is 5.10. The molecule has 1 aromatic carbocycles. The lowest BCUT2D eigenvalue weighted by Gasteiger charge is -2.40. The maximum absolute atomic E-state index is 13.2. The van der Waals surface area contributed by atoms with Crippen molar-refractivity contribution in [3.05, 3.63) is 36.0 Å². The highest BCUT2D eigenvalue weighted by atomic mass is 16.5. The average molecular weight is 397 g/mol. The molecule has 0 unspecified atom stereocenters. The van der Waals surface area contributed by atoms with Gasteiger partial charge in [-0.15, -0.1) is 0 Å². The molecule has 1 aromatic heterocycles. The molecular formula is C23H32N4O2. The van der Waals surface area contributed by atoms with Gasteiger partial charge in [0.05, 0.1) is 18.8 Å². The maximum Gasteiger partial charge on any atom is 0.270 e. The quantitative estimate of drug-likeness (QED) is 0.866. The number of ether oxygens (including phenoxy) is 1. The highest BCUT2D eigenvalue weighted by Gasteiger charge is 2.45. The van der Waals surface area contributed by atoms with Gasteiger partial charge in [-0.3, -0.25) is 4.79 Å². The van der Waals surface area contributed by atoms with E-state index in [9.17, 15) is 4.79 Å². The van der Waals surface area contributed by atoms with Gasteiger partial charge in [0.1, 0.15) is 5.69 Å². The summed E-state index contributed by atoms with van der Waals surface area (Å²) in [5.41, 5.74) is 1.57. The van der Waals surface area contributed by atoms with E-state index in [1.165, 1.54) is 0 Å². The number of H-pyrrole nitrogens is 1. The number of aromatic nitrogens is 1. The molecule has 0 radical (unpaired) electrons. The maximum atomic E-state index is 13.2. The van der Waals surface area contributed by atoms with E-state index in [-0.39, 0.29) is 11.5 Å². The average Bonchev–Trinajstić information content (AvgIpc) is 3.33. The zero-order valence-corrected chi connectivity index (χ0v) is 17.4.